The van der Waals surface area contributed by atoms with Gasteiger partial charge in [0.2, 0.25) is 0 Å². The van der Waals surface area contributed by atoms with E-state index >= 15 is 0 Å². The van der Waals surface area contributed by atoms with Crippen LogP contribution in [0.1, 0.15) is 46.1 Å². The largest absolute Gasteiger partial charge is 0.756 e. The average Bonchev–Trinajstić information content (AvgIpc) is 2.76. The van der Waals surface area contributed by atoms with Crippen LogP contribution in [-0.4, -0.2) is 32.5 Å². The molecule has 4 unspecified atom stereocenters. The van der Waals surface area contributed by atoms with Gasteiger partial charge in [-0.1, -0.05) is 70.9 Å². The third-order valence-corrected chi connectivity index (χ3v) is 6.45. The maximum absolute atomic E-state index is 12.0. The van der Waals surface area contributed by atoms with Crippen LogP contribution in [0.4, 0.5) is 0 Å². The fourth-order valence-corrected chi connectivity index (χ4v) is 3.75. The average molecular weight is 480 g/mol. The molecule has 0 spiro atoms. The van der Waals surface area contributed by atoms with Crippen molar-refractivity contribution in [1.29, 1.82) is 0 Å². The molecule has 9 nitrogen and oxygen atoms in total. The zero-order valence-corrected chi connectivity index (χ0v) is 20.4. The van der Waals surface area contributed by atoms with Crippen molar-refractivity contribution < 1.29 is 41.7 Å². The number of hydrogen-bond acceptors (Lipinski definition) is 9. The first-order valence-electron chi connectivity index (χ1n) is 10.4. The number of ether oxygens (including phenoxy) is 1. The molecule has 11 heteroatoms. The molecular weight excluding hydrogens is 446 g/mol. The molecule has 4 atom stereocenters. The lowest BCUT2D eigenvalue weighted by atomic mass is 10.1. The van der Waals surface area contributed by atoms with Gasteiger partial charge in [0.1, 0.15) is 6.10 Å². The zero-order chi connectivity index (χ0) is 23.3. The molecule has 0 N–H and O–H groups in total. The van der Waals surface area contributed by atoms with Crippen LogP contribution in [0, 0.1) is 11.8 Å². The van der Waals surface area contributed by atoms with E-state index in [0.717, 1.165) is 18.4 Å². The Morgan fingerprint density at radius 2 is 1.19 bits per heavy atom. The first-order chi connectivity index (χ1) is 14.6. The molecule has 0 heterocycles. The Kier molecular flexibility index (Phi) is 13.3. The molecule has 180 valence electrons. The van der Waals surface area contributed by atoms with Crippen LogP contribution in [0.15, 0.2) is 30.3 Å². The lowest BCUT2D eigenvalue weighted by Gasteiger charge is -2.29. The van der Waals surface area contributed by atoms with Gasteiger partial charge in [-0.15, -0.1) is 0 Å². The number of phosphoric ester groups is 2. The standard InChI is InChI=1S/C20H36O9P2/c1-5-17(3)12-26-30(21,22)28-15-20(25-14-19-10-8-7-9-11-19)16-29-31(23,24)27-13-18(4)6-2/h7-11,17-18,20H,5-6,12-16H2,1-4H3,(H,21,22)(H,23,24)/p-2. The van der Waals surface area contributed by atoms with E-state index in [9.17, 15) is 18.9 Å². The molecular formula is C20H34O9P2-2. The minimum atomic E-state index is -4.57. The summed E-state index contributed by atoms with van der Waals surface area (Å²) in [5.74, 6) is 0.0988. The van der Waals surface area contributed by atoms with Crippen LogP contribution in [-0.2, 0) is 38.6 Å². The summed E-state index contributed by atoms with van der Waals surface area (Å²) in [5, 5.41) is 0. The third kappa shape index (κ3) is 13.5. The van der Waals surface area contributed by atoms with E-state index in [0.29, 0.717) is 0 Å². The van der Waals surface area contributed by atoms with Crippen LogP contribution in [0.5, 0.6) is 0 Å². The lowest BCUT2D eigenvalue weighted by Crippen LogP contribution is -2.28. The van der Waals surface area contributed by atoms with Gasteiger partial charge >= 0.3 is 0 Å². The summed E-state index contributed by atoms with van der Waals surface area (Å²) in [7, 11) is -9.13. The van der Waals surface area contributed by atoms with E-state index in [4.69, 9.17) is 22.8 Å². The summed E-state index contributed by atoms with van der Waals surface area (Å²) >= 11 is 0. The molecule has 0 saturated heterocycles. The molecule has 0 amide bonds. The highest BCUT2D eigenvalue weighted by molar-refractivity contribution is 7.46. The Labute approximate surface area is 185 Å². The number of rotatable bonds is 17. The molecule has 0 bridgehead atoms. The van der Waals surface area contributed by atoms with Gasteiger partial charge in [0.05, 0.1) is 33.0 Å². The van der Waals surface area contributed by atoms with Crippen LogP contribution >= 0.6 is 15.6 Å². The SMILES string of the molecule is CCC(C)COP(=O)([O-])OCC(COP(=O)([O-])OCC(C)CC)OCc1ccccc1. The van der Waals surface area contributed by atoms with Crippen molar-refractivity contribution in [3.8, 4) is 0 Å². The van der Waals surface area contributed by atoms with Crippen molar-refractivity contribution in [1.82, 2.24) is 0 Å². The van der Waals surface area contributed by atoms with E-state index in [2.05, 4.69) is 0 Å². The number of phosphoric acid groups is 2. The van der Waals surface area contributed by atoms with E-state index in [-0.39, 0.29) is 31.7 Å². The lowest BCUT2D eigenvalue weighted by molar-refractivity contribution is -0.232. The van der Waals surface area contributed by atoms with Crippen molar-refractivity contribution in [3.63, 3.8) is 0 Å². The Balaban J connectivity index is 2.65. The van der Waals surface area contributed by atoms with Crippen molar-refractivity contribution in [3.05, 3.63) is 35.9 Å². The topological polar surface area (TPSA) is 126 Å². The molecule has 1 aromatic rings. The van der Waals surface area contributed by atoms with Gasteiger partial charge in [-0.2, -0.15) is 0 Å². The second-order valence-electron chi connectivity index (χ2n) is 7.52. The molecule has 0 saturated carbocycles. The second kappa shape index (κ2) is 14.5. The summed E-state index contributed by atoms with van der Waals surface area (Å²) in [6.45, 7) is 6.74. The van der Waals surface area contributed by atoms with Crippen LogP contribution in [0.2, 0.25) is 0 Å². The number of hydrogen-bond donors (Lipinski definition) is 0. The summed E-state index contributed by atoms with van der Waals surface area (Å²) in [6.07, 6.45) is 0.530. The number of benzene rings is 1. The normalized spacial score (nSPS) is 18.6. The molecule has 31 heavy (non-hydrogen) atoms. The fourth-order valence-electron chi connectivity index (χ4n) is 2.03. The Bertz CT molecular complexity index is 663. The molecule has 1 rings (SSSR count). The summed E-state index contributed by atoms with van der Waals surface area (Å²) in [5.41, 5.74) is 0.823. The van der Waals surface area contributed by atoms with E-state index < -0.39 is 35.0 Å². The Morgan fingerprint density at radius 3 is 1.61 bits per heavy atom. The third-order valence-electron chi connectivity index (χ3n) is 4.59. The predicted octanol–water partition coefficient (Wildman–Crippen LogP) is 3.67. The molecule has 0 radical (unpaired) electrons. The second-order valence-corrected chi connectivity index (χ2v) is 10.3. The van der Waals surface area contributed by atoms with Gasteiger partial charge in [-0.05, 0) is 17.4 Å². The van der Waals surface area contributed by atoms with E-state index in [1.165, 1.54) is 0 Å². The van der Waals surface area contributed by atoms with E-state index in [1.807, 2.05) is 58.0 Å². The fraction of sp³-hybridized carbons (Fsp3) is 0.700. The first kappa shape index (κ1) is 28.4. The highest BCUT2D eigenvalue weighted by atomic mass is 31.2. The maximum atomic E-state index is 12.0. The van der Waals surface area contributed by atoms with Gasteiger partial charge in [0.25, 0.3) is 15.6 Å². The molecule has 0 aromatic heterocycles. The minimum absolute atomic E-state index is 0.00251. The first-order valence-corrected chi connectivity index (χ1v) is 13.3. The maximum Gasteiger partial charge on any atom is 0.267 e. The molecule has 0 aliphatic heterocycles. The monoisotopic (exact) mass is 480 g/mol. The van der Waals surface area contributed by atoms with Crippen molar-refractivity contribution >= 4 is 15.6 Å². The highest BCUT2D eigenvalue weighted by Crippen LogP contribution is 2.41. The van der Waals surface area contributed by atoms with Crippen molar-refractivity contribution in [2.24, 2.45) is 11.8 Å². The summed E-state index contributed by atoms with van der Waals surface area (Å²) < 4.78 is 49.1. The predicted molar refractivity (Wildman–Crippen MR) is 113 cm³/mol. The smallest absolute Gasteiger partial charge is 0.267 e. The zero-order valence-electron chi connectivity index (χ0n) is 18.6. The molecule has 1 aromatic carbocycles. The molecule has 0 aliphatic rings. The van der Waals surface area contributed by atoms with E-state index in [1.54, 1.807) is 0 Å². The Hall–Kier alpha value is -0.600. The van der Waals surface area contributed by atoms with Crippen molar-refractivity contribution in [2.45, 2.75) is 53.2 Å². The van der Waals surface area contributed by atoms with Gasteiger partial charge in [-0.25, -0.2) is 0 Å². The van der Waals surface area contributed by atoms with Gasteiger partial charge < -0.3 is 32.6 Å². The molecule has 0 fully saturated rings. The quantitative estimate of drug-likeness (QED) is 0.307. The van der Waals surface area contributed by atoms with Gasteiger partial charge in [-0.3, -0.25) is 9.13 Å². The van der Waals surface area contributed by atoms with Crippen molar-refractivity contribution in [2.75, 3.05) is 26.4 Å². The Morgan fingerprint density at radius 1 is 0.774 bits per heavy atom. The summed E-state index contributed by atoms with van der Waals surface area (Å²) in [4.78, 5) is 24.0. The highest BCUT2D eigenvalue weighted by Gasteiger charge is 2.20. The van der Waals surface area contributed by atoms with Gasteiger partial charge in [0.15, 0.2) is 0 Å². The minimum Gasteiger partial charge on any atom is -0.756 e. The van der Waals surface area contributed by atoms with Crippen LogP contribution in [0.3, 0.4) is 0 Å². The van der Waals surface area contributed by atoms with Crippen LogP contribution in [0.25, 0.3) is 0 Å². The molecule has 0 aliphatic carbocycles. The summed E-state index contributed by atoms with van der Waals surface area (Å²) in [6, 6.07) is 9.13. The van der Waals surface area contributed by atoms with Gasteiger partial charge in [0, 0.05) is 0 Å². The van der Waals surface area contributed by atoms with Crippen LogP contribution < -0.4 is 9.79 Å².